The van der Waals surface area contributed by atoms with Crippen LogP contribution in [0.5, 0.6) is 0 Å². The fourth-order valence-corrected chi connectivity index (χ4v) is 2.81. The first-order chi connectivity index (χ1) is 11.5. The van der Waals surface area contributed by atoms with E-state index in [0.717, 1.165) is 10.4 Å². The van der Waals surface area contributed by atoms with Crippen molar-refractivity contribution in [2.45, 2.75) is 0 Å². The van der Waals surface area contributed by atoms with Gasteiger partial charge in [-0.15, -0.1) is 4.68 Å². The van der Waals surface area contributed by atoms with Gasteiger partial charge < -0.3 is 14.5 Å². The van der Waals surface area contributed by atoms with Crippen molar-refractivity contribution in [3.8, 4) is 0 Å². The van der Waals surface area contributed by atoms with Crippen molar-refractivity contribution in [1.82, 2.24) is 19.2 Å². The van der Waals surface area contributed by atoms with E-state index < -0.39 is 11.2 Å². The summed E-state index contributed by atoms with van der Waals surface area (Å²) in [7, 11) is 1.85. The molecule has 0 radical (unpaired) electrons. The van der Waals surface area contributed by atoms with Crippen molar-refractivity contribution >= 4 is 39.8 Å². The highest BCUT2D eigenvalue weighted by Gasteiger charge is 2.12. The summed E-state index contributed by atoms with van der Waals surface area (Å²) in [5.74, 6) is 0. The standard InChI is InChI=1S/C16H12ClN5O2/c1-21-6-2-3-10(21)8-18-22-15(23)14-13(20-16(22)24)11-7-9(17)4-5-12(11)19-14/h2-8,19H,1H3,(H,20,24)/b18-8-. The van der Waals surface area contributed by atoms with Crippen molar-refractivity contribution < 1.29 is 0 Å². The second-order valence-corrected chi connectivity index (χ2v) is 5.84. The maximum absolute atomic E-state index is 12.6. The predicted octanol–water partition coefficient (Wildman–Crippen LogP) is 2.05. The second kappa shape index (κ2) is 5.24. The lowest BCUT2D eigenvalue weighted by Crippen LogP contribution is -2.32. The largest absolute Gasteiger partial charge is 0.350 e. The van der Waals surface area contributed by atoms with Crippen molar-refractivity contribution in [3.05, 3.63) is 68.1 Å². The Morgan fingerprint density at radius 1 is 1.17 bits per heavy atom. The van der Waals surface area contributed by atoms with E-state index in [1.165, 1.54) is 6.21 Å². The zero-order chi connectivity index (χ0) is 16.8. The van der Waals surface area contributed by atoms with Crippen LogP contribution in [-0.2, 0) is 7.05 Å². The normalized spacial score (nSPS) is 11.9. The molecule has 0 amide bonds. The van der Waals surface area contributed by atoms with Gasteiger partial charge in [0.15, 0.2) is 0 Å². The van der Waals surface area contributed by atoms with Crippen LogP contribution < -0.4 is 11.2 Å². The Hall–Kier alpha value is -3.06. The van der Waals surface area contributed by atoms with E-state index in [0.29, 0.717) is 21.4 Å². The second-order valence-electron chi connectivity index (χ2n) is 5.40. The Morgan fingerprint density at radius 2 is 2.00 bits per heavy atom. The molecule has 4 aromatic rings. The maximum atomic E-state index is 12.6. The van der Waals surface area contributed by atoms with Crippen LogP contribution in [0.4, 0.5) is 0 Å². The lowest BCUT2D eigenvalue weighted by atomic mass is 10.2. The van der Waals surface area contributed by atoms with Gasteiger partial charge in [0.1, 0.15) is 5.52 Å². The zero-order valence-electron chi connectivity index (χ0n) is 12.6. The molecular weight excluding hydrogens is 330 g/mol. The lowest BCUT2D eigenvalue weighted by molar-refractivity contribution is 0.768. The van der Waals surface area contributed by atoms with Gasteiger partial charge in [0, 0.05) is 29.2 Å². The summed E-state index contributed by atoms with van der Waals surface area (Å²) in [5, 5.41) is 5.22. The predicted molar refractivity (Wildman–Crippen MR) is 94.1 cm³/mol. The maximum Gasteiger partial charge on any atom is 0.350 e. The molecule has 0 saturated carbocycles. The molecule has 7 nitrogen and oxygen atoms in total. The monoisotopic (exact) mass is 341 g/mol. The molecular formula is C16H12ClN5O2. The Morgan fingerprint density at radius 3 is 2.75 bits per heavy atom. The summed E-state index contributed by atoms with van der Waals surface area (Å²) in [5.41, 5.74) is 1.05. The van der Waals surface area contributed by atoms with Gasteiger partial charge in [-0.3, -0.25) is 4.79 Å². The van der Waals surface area contributed by atoms with Crippen LogP contribution in [0.2, 0.25) is 5.02 Å². The smallest absolute Gasteiger partial charge is 0.350 e. The molecule has 1 aromatic carbocycles. The number of H-pyrrole nitrogens is 2. The molecule has 24 heavy (non-hydrogen) atoms. The number of nitrogens with zero attached hydrogens (tertiary/aromatic N) is 3. The third kappa shape index (κ3) is 2.17. The van der Waals surface area contributed by atoms with Gasteiger partial charge in [0.05, 0.1) is 17.4 Å². The quantitative estimate of drug-likeness (QED) is 0.546. The van der Waals surface area contributed by atoms with E-state index in [4.69, 9.17) is 11.6 Å². The molecule has 0 aliphatic rings. The van der Waals surface area contributed by atoms with Crippen LogP contribution in [0.15, 0.2) is 51.2 Å². The Kier molecular flexibility index (Phi) is 3.17. The number of benzene rings is 1. The first-order valence-corrected chi connectivity index (χ1v) is 7.54. The molecule has 8 heteroatoms. The first-order valence-electron chi connectivity index (χ1n) is 7.16. The number of aromatic amines is 2. The van der Waals surface area contributed by atoms with Gasteiger partial charge in [-0.2, -0.15) is 5.10 Å². The van der Waals surface area contributed by atoms with Gasteiger partial charge in [-0.1, -0.05) is 11.6 Å². The van der Waals surface area contributed by atoms with E-state index in [-0.39, 0.29) is 5.52 Å². The van der Waals surface area contributed by atoms with Gasteiger partial charge in [-0.05, 0) is 30.3 Å². The summed E-state index contributed by atoms with van der Waals surface area (Å²) >= 11 is 5.99. The SMILES string of the molecule is Cn1cccc1/C=N\n1c(=O)[nH]c2c([nH]c3ccc(Cl)cc32)c1=O. The molecule has 0 fully saturated rings. The van der Waals surface area contributed by atoms with Crippen LogP contribution in [0.3, 0.4) is 0 Å². The molecule has 0 saturated heterocycles. The Balaban J connectivity index is 1.96. The molecule has 0 unspecified atom stereocenters. The highest BCUT2D eigenvalue weighted by Crippen LogP contribution is 2.23. The van der Waals surface area contributed by atoms with E-state index in [1.54, 1.807) is 18.2 Å². The number of aromatic nitrogens is 4. The third-order valence-electron chi connectivity index (χ3n) is 3.88. The van der Waals surface area contributed by atoms with Crippen LogP contribution in [-0.4, -0.2) is 25.4 Å². The highest BCUT2D eigenvalue weighted by molar-refractivity contribution is 6.31. The van der Waals surface area contributed by atoms with E-state index in [2.05, 4.69) is 15.1 Å². The summed E-state index contributed by atoms with van der Waals surface area (Å²) < 4.78 is 2.62. The van der Waals surface area contributed by atoms with Crippen molar-refractivity contribution in [3.63, 3.8) is 0 Å². The number of hydrogen-bond acceptors (Lipinski definition) is 3. The molecule has 3 aromatic heterocycles. The fourth-order valence-electron chi connectivity index (χ4n) is 2.64. The molecule has 3 heterocycles. The van der Waals surface area contributed by atoms with Gasteiger partial charge in [0.2, 0.25) is 0 Å². The highest BCUT2D eigenvalue weighted by atomic mass is 35.5. The zero-order valence-corrected chi connectivity index (χ0v) is 13.3. The van der Waals surface area contributed by atoms with Crippen molar-refractivity contribution in [2.75, 3.05) is 0 Å². The minimum atomic E-state index is -0.612. The van der Waals surface area contributed by atoms with Crippen LogP contribution in [0, 0.1) is 0 Å². The average Bonchev–Trinajstić information content (AvgIpc) is 3.11. The van der Waals surface area contributed by atoms with Crippen LogP contribution >= 0.6 is 11.6 Å². The minimum Gasteiger partial charge on any atom is -0.350 e. The average molecular weight is 342 g/mol. The summed E-state index contributed by atoms with van der Waals surface area (Å²) in [6.45, 7) is 0. The molecule has 0 aliphatic heterocycles. The first kappa shape index (κ1) is 14.5. The summed E-state index contributed by atoms with van der Waals surface area (Å²) in [6.07, 6.45) is 3.31. The minimum absolute atomic E-state index is 0.274. The van der Waals surface area contributed by atoms with Gasteiger partial charge >= 0.3 is 11.2 Å². The summed E-state index contributed by atoms with van der Waals surface area (Å²) in [4.78, 5) is 30.6. The number of halogens is 1. The molecule has 120 valence electrons. The van der Waals surface area contributed by atoms with Crippen molar-refractivity contribution in [1.29, 1.82) is 0 Å². The number of rotatable bonds is 2. The molecule has 0 atom stereocenters. The lowest BCUT2D eigenvalue weighted by Gasteiger charge is -1.99. The summed E-state index contributed by atoms with van der Waals surface area (Å²) in [6, 6.07) is 8.84. The molecule has 0 aliphatic carbocycles. The topological polar surface area (TPSA) is 87.9 Å². The van der Waals surface area contributed by atoms with Gasteiger partial charge in [0.25, 0.3) is 0 Å². The number of hydrogen-bond donors (Lipinski definition) is 2. The number of fused-ring (bicyclic) bond motifs is 3. The van der Waals surface area contributed by atoms with E-state index >= 15 is 0 Å². The van der Waals surface area contributed by atoms with E-state index in [1.807, 2.05) is 29.9 Å². The van der Waals surface area contributed by atoms with Crippen LogP contribution in [0.25, 0.3) is 21.9 Å². The number of aryl methyl sites for hydroxylation is 1. The molecule has 2 N–H and O–H groups in total. The van der Waals surface area contributed by atoms with Crippen molar-refractivity contribution in [2.24, 2.45) is 12.1 Å². The molecule has 0 bridgehead atoms. The Bertz CT molecular complexity index is 1220. The van der Waals surface area contributed by atoms with Gasteiger partial charge in [-0.25, -0.2) is 4.79 Å². The molecule has 0 spiro atoms. The van der Waals surface area contributed by atoms with E-state index in [9.17, 15) is 9.59 Å². The fraction of sp³-hybridized carbons (Fsp3) is 0.0625. The molecule has 4 rings (SSSR count). The van der Waals surface area contributed by atoms with Crippen LogP contribution in [0.1, 0.15) is 5.69 Å². The number of nitrogens with one attached hydrogen (secondary N) is 2. The third-order valence-corrected chi connectivity index (χ3v) is 4.12. The Labute approximate surface area is 139 Å².